The first-order chi connectivity index (χ1) is 9.06. The quantitative estimate of drug-likeness (QED) is 0.880. The van der Waals surface area contributed by atoms with Gasteiger partial charge in [0.2, 0.25) is 5.76 Å². The van der Waals surface area contributed by atoms with E-state index in [1.807, 2.05) is 6.07 Å². The van der Waals surface area contributed by atoms with Gasteiger partial charge < -0.3 is 9.52 Å². The highest BCUT2D eigenvalue weighted by Gasteiger charge is 2.15. The maximum atomic E-state index is 10.8. The highest BCUT2D eigenvalue weighted by molar-refractivity contribution is 7.09. The zero-order valence-electron chi connectivity index (χ0n) is 11.0. The SMILES string of the molecule is CC(C)N(Cc1ccc(C(=O)O)o1)Cc1cccs1. The maximum absolute atomic E-state index is 10.8. The van der Waals surface area contributed by atoms with Crippen LogP contribution >= 0.6 is 11.3 Å². The molecule has 2 rings (SSSR count). The Labute approximate surface area is 116 Å². The van der Waals surface area contributed by atoms with Crippen molar-refractivity contribution >= 4 is 17.3 Å². The lowest BCUT2D eigenvalue weighted by atomic mass is 10.2. The van der Waals surface area contributed by atoms with Crippen molar-refractivity contribution in [1.82, 2.24) is 4.90 Å². The summed E-state index contributed by atoms with van der Waals surface area (Å²) in [6.07, 6.45) is 0. The van der Waals surface area contributed by atoms with Crippen LogP contribution in [-0.4, -0.2) is 22.0 Å². The molecule has 19 heavy (non-hydrogen) atoms. The number of nitrogens with zero attached hydrogens (tertiary/aromatic N) is 1. The summed E-state index contributed by atoms with van der Waals surface area (Å²) in [6.45, 7) is 5.70. The van der Waals surface area contributed by atoms with Crippen LogP contribution in [0.25, 0.3) is 0 Å². The van der Waals surface area contributed by atoms with Gasteiger partial charge in [-0.15, -0.1) is 11.3 Å². The molecule has 0 saturated heterocycles. The van der Waals surface area contributed by atoms with E-state index in [-0.39, 0.29) is 5.76 Å². The molecule has 0 aliphatic rings. The van der Waals surface area contributed by atoms with Gasteiger partial charge in [0.1, 0.15) is 5.76 Å². The number of carbonyl (C=O) groups is 1. The molecular weight excluding hydrogens is 262 g/mol. The number of aromatic carboxylic acids is 1. The third-order valence-corrected chi connectivity index (χ3v) is 3.76. The molecule has 0 atom stereocenters. The molecule has 0 bridgehead atoms. The number of hydrogen-bond donors (Lipinski definition) is 1. The largest absolute Gasteiger partial charge is 0.475 e. The molecule has 0 aliphatic heterocycles. The van der Waals surface area contributed by atoms with Crippen LogP contribution in [0.1, 0.15) is 35.0 Å². The van der Waals surface area contributed by atoms with Crippen LogP contribution in [0.2, 0.25) is 0 Å². The maximum Gasteiger partial charge on any atom is 0.371 e. The molecule has 1 N–H and O–H groups in total. The van der Waals surface area contributed by atoms with E-state index in [0.29, 0.717) is 18.3 Å². The second kappa shape index (κ2) is 6.04. The molecular formula is C14H17NO3S. The highest BCUT2D eigenvalue weighted by atomic mass is 32.1. The number of carboxylic acid groups (broad SMARTS) is 1. The summed E-state index contributed by atoms with van der Waals surface area (Å²) in [4.78, 5) is 14.3. The average molecular weight is 279 g/mol. The molecule has 0 amide bonds. The standard InChI is InChI=1S/C14H17NO3S/c1-10(2)15(9-12-4-3-7-19-12)8-11-5-6-13(18-11)14(16)17/h3-7,10H,8-9H2,1-2H3,(H,16,17). The van der Waals surface area contributed by atoms with Crippen LogP contribution in [0.3, 0.4) is 0 Å². The molecule has 0 fully saturated rings. The lowest BCUT2D eigenvalue weighted by molar-refractivity contribution is 0.0657. The van der Waals surface area contributed by atoms with E-state index in [2.05, 4.69) is 30.2 Å². The predicted molar refractivity (Wildman–Crippen MR) is 74.4 cm³/mol. The van der Waals surface area contributed by atoms with E-state index in [4.69, 9.17) is 9.52 Å². The van der Waals surface area contributed by atoms with Gasteiger partial charge in [0.25, 0.3) is 0 Å². The van der Waals surface area contributed by atoms with Crippen LogP contribution in [0.4, 0.5) is 0 Å². The van der Waals surface area contributed by atoms with Gasteiger partial charge in [0.05, 0.1) is 6.54 Å². The Morgan fingerprint density at radius 3 is 2.68 bits per heavy atom. The summed E-state index contributed by atoms with van der Waals surface area (Å²) in [6, 6.07) is 7.73. The molecule has 0 radical (unpaired) electrons. The summed E-state index contributed by atoms with van der Waals surface area (Å²) in [5.41, 5.74) is 0. The summed E-state index contributed by atoms with van der Waals surface area (Å²) in [5.74, 6) is -0.349. The lowest BCUT2D eigenvalue weighted by Gasteiger charge is -2.24. The molecule has 5 heteroatoms. The van der Waals surface area contributed by atoms with Gasteiger partial charge in [-0.2, -0.15) is 0 Å². The lowest BCUT2D eigenvalue weighted by Crippen LogP contribution is -2.29. The second-order valence-electron chi connectivity index (χ2n) is 4.65. The van der Waals surface area contributed by atoms with Crippen molar-refractivity contribution in [1.29, 1.82) is 0 Å². The number of rotatable bonds is 6. The molecule has 0 unspecified atom stereocenters. The minimum absolute atomic E-state index is 0.00479. The van der Waals surface area contributed by atoms with Crippen LogP contribution in [0.15, 0.2) is 34.1 Å². The van der Waals surface area contributed by atoms with Crippen LogP contribution in [0, 0.1) is 0 Å². The summed E-state index contributed by atoms with van der Waals surface area (Å²) >= 11 is 1.72. The van der Waals surface area contributed by atoms with Crippen molar-refractivity contribution in [3.8, 4) is 0 Å². The van der Waals surface area contributed by atoms with Crippen molar-refractivity contribution < 1.29 is 14.3 Å². The van der Waals surface area contributed by atoms with Crippen molar-refractivity contribution in [2.24, 2.45) is 0 Å². The number of carboxylic acids is 1. The highest BCUT2D eigenvalue weighted by Crippen LogP contribution is 2.18. The van der Waals surface area contributed by atoms with E-state index >= 15 is 0 Å². The molecule has 0 aliphatic carbocycles. The Hall–Kier alpha value is -1.59. The molecule has 102 valence electrons. The van der Waals surface area contributed by atoms with Gasteiger partial charge in [-0.1, -0.05) is 6.07 Å². The molecule has 4 nitrogen and oxygen atoms in total. The number of hydrogen-bond acceptors (Lipinski definition) is 4. The fraction of sp³-hybridized carbons (Fsp3) is 0.357. The number of thiophene rings is 1. The first kappa shape index (κ1) is 13.8. The average Bonchev–Trinajstić information content (AvgIpc) is 2.98. The van der Waals surface area contributed by atoms with Crippen molar-refractivity contribution in [2.45, 2.75) is 33.0 Å². The van der Waals surface area contributed by atoms with E-state index in [1.165, 1.54) is 10.9 Å². The summed E-state index contributed by atoms with van der Waals surface area (Å²) in [5, 5.41) is 10.9. The fourth-order valence-corrected chi connectivity index (χ4v) is 2.53. The van der Waals surface area contributed by atoms with Crippen molar-refractivity contribution in [2.75, 3.05) is 0 Å². The van der Waals surface area contributed by atoms with Gasteiger partial charge in [0.15, 0.2) is 0 Å². The zero-order valence-corrected chi connectivity index (χ0v) is 11.8. The minimum Gasteiger partial charge on any atom is -0.475 e. The molecule has 2 aromatic heterocycles. The topological polar surface area (TPSA) is 53.7 Å². The first-order valence-corrected chi connectivity index (χ1v) is 7.02. The third kappa shape index (κ3) is 3.68. The smallest absolute Gasteiger partial charge is 0.371 e. The van der Waals surface area contributed by atoms with Gasteiger partial charge in [-0.3, -0.25) is 4.90 Å². The van der Waals surface area contributed by atoms with E-state index in [0.717, 1.165) is 6.54 Å². The molecule has 2 heterocycles. The molecule has 0 saturated carbocycles. The summed E-state index contributed by atoms with van der Waals surface area (Å²) in [7, 11) is 0. The van der Waals surface area contributed by atoms with Gasteiger partial charge in [0, 0.05) is 17.5 Å². The Balaban J connectivity index is 2.05. The Morgan fingerprint density at radius 2 is 2.16 bits per heavy atom. The van der Waals surface area contributed by atoms with E-state index < -0.39 is 5.97 Å². The van der Waals surface area contributed by atoms with Crippen molar-refractivity contribution in [3.63, 3.8) is 0 Å². The predicted octanol–water partition coefficient (Wildman–Crippen LogP) is 3.45. The normalized spacial score (nSPS) is 11.4. The minimum atomic E-state index is -1.03. The number of furan rings is 1. The fourth-order valence-electron chi connectivity index (χ4n) is 1.80. The Kier molecular flexibility index (Phi) is 4.39. The van der Waals surface area contributed by atoms with E-state index in [9.17, 15) is 4.79 Å². The van der Waals surface area contributed by atoms with Gasteiger partial charge >= 0.3 is 5.97 Å². The second-order valence-corrected chi connectivity index (χ2v) is 5.68. The summed E-state index contributed by atoms with van der Waals surface area (Å²) < 4.78 is 5.31. The van der Waals surface area contributed by atoms with Gasteiger partial charge in [-0.25, -0.2) is 4.79 Å². The van der Waals surface area contributed by atoms with E-state index in [1.54, 1.807) is 17.4 Å². The van der Waals surface area contributed by atoms with Crippen molar-refractivity contribution in [3.05, 3.63) is 46.0 Å². The monoisotopic (exact) mass is 279 g/mol. The van der Waals surface area contributed by atoms with Gasteiger partial charge in [-0.05, 0) is 37.4 Å². The third-order valence-electron chi connectivity index (χ3n) is 2.90. The van der Waals surface area contributed by atoms with Crippen LogP contribution in [-0.2, 0) is 13.1 Å². The molecule has 0 aromatic carbocycles. The molecule has 0 spiro atoms. The zero-order chi connectivity index (χ0) is 13.8. The van der Waals surface area contributed by atoms with Crippen LogP contribution < -0.4 is 0 Å². The Morgan fingerprint density at radius 1 is 1.37 bits per heavy atom. The Bertz CT molecular complexity index is 531. The van der Waals surface area contributed by atoms with Crippen LogP contribution in [0.5, 0.6) is 0 Å². The molecule has 2 aromatic rings. The first-order valence-electron chi connectivity index (χ1n) is 6.14.